The molecule has 0 radical (unpaired) electrons. The molecule has 0 bridgehead atoms. The minimum Gasteiger partial charge on any atom is -0.481 e. The molecule has 0 spiro atoms. The van der Waals surface area contributed by atoms with Gasteiger partial charge in [0.05, 0.1) is 12.0 Å². The lowest BCUT2D eigenvalue weighted by Crippen LogP contribution is -2.39. The van der Waals surface area contributed by atoms with E-state index in [-0.39, 0.29) is 30.9 Å². The molecule has 2 atom stereocenters. The van der Waals surface area contributed by atoms with Crippen LogP contribution in [0.1, 0.15) is 24.7 Å². The van der Waals surface area contributed by atoms with E-state index in [0.29, 0.717) is 12.2 Å². The Labute approximate surface area is 112 Å². The second-order valence-electron chi connectivity index (χ2n) is 3.82. The molecular weight excluding hydrogens is 267 g/mol. The van der Waals surface area contributed by atoms with E-state index >= 15 is 0 Å². The summed E-state index contributed by atoms with van der Waals surface area (Å²) in [5.74, 6) is -0.473. The lowest BCUT2D eigenvalue weighted by atomic mass is 9.90. The van der Waals surface area contributed by atoms with Crippen molar-refractivity contribution in [2.24, 2.45) is 13.0 Å². The molecule has 6 nitrogen and oxygen atoms in total. The van der Waals surface area contributed by atoms with Crippen LogP contribution >= 0.6 is 24.8 Å². The van der Waals surface area contributed by atoms with E-state index in [0.717, 1.165) is 13.0 Å². The Bertz CT molecular complexity index is 372. The van der Waals surface area contributed by atoms with E-state index in [9.17, 15) is 4.79 Å². The first-order valence-electron chi connectivity index (χ1n) is 5.00. The summed E-state index contributed by atoms with van der Waals surface area (Å²) in [4.78, 5) is 11.1. The van der Waals surface area contributed by atoms with E-state index in [1.165, 1.54) is 0 Å². The highest BCUT2D eigenvalue weighted by atomic mass is 35.5. The zero-order valence-electron chi connectivity index (χ0n) is 9.37. The first kappa shape index (κ1) is 16.1. The van der Waals surface area contributed by atoms with Crippen LogP contribution in [0.2, 0.25) is 0 Å². The summed E-state index contributed by atoms with van der Waals surface area (Å²) in [5, 5.41) is 20.0. The van der Waals surface area contributed by atoms with Gasteiger partial charge in [-0.1, -0.05) is 0 Å². The number of nitrogens with zero attached hydrogens (tertiary/aromatic N) is 3. The third-order valence-electron chi connectivity index (χ3n) is 2.80. The summed E-state index contributed by atoms with van der Waals surface area (Å²) in [7, 11) is 1.82. The fraction of sp³-hybridized carbons (Fsp3) is 0.667. The van der Waals surface area contributed by atoms with Gasteiger partial charge in [-0.2, -0.15) is 0 Å². The Morgan fingerprint density at radius 1 is 1.59 bits per heavy atom. The summed E-state index contributed by atoms with van der Waals surface area (Å²) in [6.07, 6.45) is 3.18. The highest BCUT2D eigenvalue weighted by Crippen LogP contribution is 2.27. The number of hydrogen-bond donors (Lipinski definition) is 2. The van der Waals surface area contributed by atoms with Crippen LogP contribution in [-0.4, -0.2) is 32.4 Å². The monoisotopic (exact) mass is 282 g/mol. The van der Waals surface area contributed by atoms with E-state index in [1.807, 2.05) is 7.05 Å². The van der Waals surface area contributed by atoms with Crippen LogP contribution in [0.3, 0.4) is 0 Å². The van der Waals surface area contributed by atoms with Gasteiger partial charge in [0.2, 0.25) is 0 Å². The summed E-state index contributed by atoms with van der Waals surface area (Å²) in [5.41, 5.74) is 0. The van der Waals surface area contributed by atoms with Crippen molar-refractivity contribution < 1.29 is 9.90 Å². The number of aryl methyl sites for hydroxylation is 1. The second kappa shape index (κ2) is 6.78. The maximum absolute atomic E-state index is 11.1. The van der Waals surface area contributed by atoms with E-state index in [1.54, 1.807) is 10.9 Å². The van der Waals surface area contributed by atoms with Gasteiger partial charge in [0.15, 0.2) is 5.82 Å². The van der Waals surface area contributed by atoms with Crippen molar-refractivity contribution in [3.05, 3.63) is 12.2 Å². The van der Waals surface area contributed by atoms with Gasteiger partial charge in [0, 0.05) is 7.05 Å². The molecule has 1 aromatic heterocycles. The van der Waals surface area contributed by atoms with Crippen molar-refractivity contribution in [3.8, 4) is 0 Å². The molecular formula is C9H16Cl2N4O2. The third-order valence-corrected chi connectivity index (χ3v) is 2.80. The maximum Gasteiger partial charge on any atom is 0.308 e. The first-order chi connectivity index (χ1) is 7.20. The minimum atomic E-state index is -0.768. The lowest BCUT2D eigenvalue weighted by Gasteiger charge is -2.28. The summed E-state index contributed by atoms with van der Waals surface area (Å²) in [6.45, 7) is 0.835. The number of piperidine rings is 1. The molecule has 0 aliphatic carbocycles. The number of carbonyl (C=O) groups is 1. The van der Waals surface area contributed by atoms with Gasteiger partial charge in [0.1, 0.15) is 6.33 Å². The Balaban J connectivity index is 0.00000128. The van der Waals surface area contributed by atoms with Crippen molar-refractivity contribution in [1.82, 2.24) is 20.1 Å². The zero-order valence-corrected chi connectivity index (χ0v) is 11.0. The number of aromatic nitrogens is 3. The molecule has 0 saturated carbocycles. The lowest BCUT2D eigenvalue weighted by molar-refractivity contribution is -0.143. The summed E-state index contributed by atoms with van der Waals surface area (Å²) >= 11 is 0. The zero-order chi connectivity index (χ0) is 10.8. The Morgan fingerprint density at radius 2 is 2.29 bits per heavy atom. The number of carboxylic acid groups (broad SMARTS) is 1. The van der Waals surface area contributed by atoms with Crippen molar-refractivity contribution in [3.63, 3.8) is 0 Å². The predicted octanol–water partition coefficient (Wildman–Crippen LogP) is 0.784. The van der Waals surface area contributed by atoms with Crippen molar-refractivity contribution in [1.29, 1.82) is 0 Å². The molecule has 0 aromatic carbocycles. The first-order valence-corrected chi connectivity index (χ1v) is 5.00. The molecule has 1 aliphatic rings. The standard InChI is InChI=1S/C9H14N4O2.2ClH/c1-13-5-11-12-8(13)7-6(9(14)15)3-2-4-10-7;;/h5-7,10H,2-4H2,1H3,(H,14,15);2*1H. The molecule has 1 fully saturated rings. The van der Waals surface area contributed by atoms with Crippen LogP contribution < -0.4 is 5.32 Å². The maximum atomic E-state index is 11.1. The SMILES string of the molecule is Cl.Cl.Cn1cnnc1C1NCCCC1C(=O)O. The smallest absolute Gasteiger partial charge is 0.308 e. The van der Waals surface area contributed by atoms with Crippen LogP contribution in [0.25, 0.3) is 0 Å². The Kier molecular flexibility index (Phi) is 6.44. The minimum absolute atomic E-state index is 0. The van der Waals surface area contributed by atoms with E-state index in [4.69, 9.17) is 5.11 Å². The molecule has 1 saturated heterocycles. The molecule has 17 heavy (non-hydrogen) atoms. The quantitative estimate of drug-likeness (QED) is 0.838. The van der Waals surface area contributed by atoms with Gasteiger partial charge >= 0.3 is 5.97 Å². The van der Waals surface area contributed by atoms with Crippen LogP contribution in [0.5, 0.6) is 0 Å². The van der Waals surface area contributed by atoms with Gasteiger partial charge in [-0.05, 0) is 19.4 Å². The Hall–Kier alpha value is -0.850. The summed E-state index contributed by atoms with van der Waals surface area (Å²) in [6, 6.07) is -0.219. The molecule has 2 unspecified atom stereocenters. The van der Waals surface area contributed by atoms with Crippen LogP contribution in [0.4, 0.5) is 0 Å². The van der Waals surface area contributed by atoms with Crippen LogP contribution in [0, 0.1) is 5.92 Å². The molecule has 2 heterocycles. The molecule has 1 aliphatic heterocycles. The molecule has 1 aromatic rings. The second-order valence-corrected chi connectivity index (χ2v) is 3.82. The highest BCUT2D eigenvalue weighted by Gasteiger charge is 2.34. The number of hydrogen-bond acceptors (Lipinski definition) is 4. The van der Waals surface area contributed by atoms with Crippen LogP contribution in [-0.2, 0) is 11.8 Å². The fourth-order valence-corrected chi connectivity index (χ4v) is 2.00. The van der Waals surface area contributed by atoms with E-state index < -0.39 is 11.9 Å². The Morgan fingerprint density at radius 3 is 2.82 bits per heavy atom. The fourth-order valence-electron chi connectivity index (χ4n) is 2.00. The number of aliphatic carboxylic acids is 1. The number of rotatable bonds is 2. The predicted molar refractivity (Wildman–Crippen MR) is 66.6 cm³/mol. The normalized spacial score (nSPS) is 23.4. The van der Waals surface area contributed by atoms with Gasteiger partial charge < -0.3 is 15.0 Å². The molecule has 2 rings (SSSR count). The number of carboxylic acids is 1. The van der Waals surface area contributed by atoms with Crippen molar-refractivity contribution >= 4 is 30.8 Å². The van der Waals surface area contributed by atoms with Gasteiger partial charge in [0.25, 0.3) is 0 Å². The highest BCUT2D eigenvalue weighted by molar-refractivity contribution is 5.85. The number of nitrogens with one attached hydrogen (secondary N) is 1. The van der Waals surface area contributed by atoms with Crippen LogP contribution in [0.15, 0.2) is 6.33 Å². The average molecular weight is 283 g/mol. The van der Waals surface area contributed by atoms with Gasteiger partial charge in [-0.25, -0.2) is 0 Å². The average Bonchev–Trinajstić information content (AvgIpc) is 2.64. The van der Waals surface area contributed by atoms with Gasteiger partial charge in [-0.3, -0.25) is 4.79 Å². The molecule has 8 heteroatoms. The number of halogens is 2. The summed E-state index contributed by atoms with van der Waals surface area (Å²) < 4.78 is 1.76. The molecule has 2 N–H and O–H groups in total. The van der Waals surface area contributed by atoms with Gasteiger partial charge in [-0.15, -0.1) is 35.0 Å². The van der Waals surface area contributed by atoms with Crippen molar-refractivity contribution in [2.45, 2.75) is 18.9 Å². The van der Waals surface area contributed by atoms with E-state index in [2.05, 4.69) is 15.5 Å². The molecule has 98 valence electrons. The molecule has 0 amide bonds. The largest absolute Gasteiger partial charge is 0.481 e. The van der Waals surface area contributed by atoms with Crippen molar-refractivity contribution in [2.75, 3.05) is 6.54 Å². The topological polar surface area (TPSA) is 80.0 Å². The third kappa shape index (κ3) is 3.31.